The summed E-state index contributed by atoms with van der Waals surface area (Å²) < 4.78 is 16.8. The van der Waals surface area contributed by atoms with Crippen LogP contribution in [0.4, 0.5) is 5.88 Å². The molecule has 3 N–H and O–H groups in total. The van der Waals surface area contributed by atoms with Gasteiger partial charge in [0.25, 0.3) is 0 Å². The number of nitrogens with two attached hydrogens (primary N) is 1. The second-order valence-corrected chi connectivity index (χ2v) is 5.44. The summed E-state index contributed by atoms with van der Waals surface area (Å²) in [5.41, 5.74) is 7.91. The number of anilines is 1. The Bertz CT molecular complexity index is 831. The third kappa shape index (κ3) is 3.40. The molecule has 5 nitrogen and oxygen atoms in total. The van der Waals surface area contributed by atoms with E-state index in [4.69, 9.17) is 19.6 Å². The van der Waals surface area contributed by atoms with Crippen LogP contribution in [0.3, 0.4) is 0 Å². The molecule has 5 heteroatoms. The van der Waals surface area contributed by atoms with Gasteiger partial charge in [0.1, 0.15) is 11.5 Å². The van der Waals surface area contributed by atoms with Crippen molar-refractivity contribution in [1.29, 1.82) is 0 Å². The van der Waals surface area contributed by atoms with Gasteiger partial charge in [0.15, 0.2) is 11.5 Å². The summed E-state index contributed by atoms with van der Waals surface area (Å²) in [4.78, 5) is 0. The molecular weight excluding hydrogens is 318 g/mol. The fourth-order valence-electron chi connectivity index (χ4n) is 2.72. The summed E-state index contributed by atoms with van der Waals surface area (Å²) in [5.74, 6) is 1.77. The van der Waals surface area contributed by atoms with E-state index in [2.05, 4.69) is 0 Å². The van der Waals surface area contributed by atoms with Gasteiger partial charge < -0.3 is 24.7 Å². The molecule has 3 rings (SSSR count). The Balaban J connectivity index is 2.11. The summed E-state index contributed by atoms with van der Waals surface area (Å²) in [7, 11) is 0. The van der Waals surface area contributed by atoms with Gasteiger partial charge in [0.2, 0.25) is 5.88 Å². The zero-order chi connectivity index (χ0) is 17.8. The minimum absolute atomic E-state index is 0.000188. The van der Waals surface area contributed by atoms with E-state index in [1.54, 1.807) is 0 Å². The first-order valence-electron chi connectivity index (χ1n) is 8.21. The first-order valence-corrected chi connectivity index (χ1v) is 8.21. The van der Waals surface area contributed by atoms with Crippen LogP contribution in [0.15, 0.2) is 52.9 Å². The highest BCUT2D eigenvalue weighted by Crippen LogP contribution is 2.46. The molecule has 0 fully saturated rings. The van der Waals surface area contributed by atoms with Gasteiger partial charge in [-0.25, -0.2) is 0 Å². The van der Waals surface area contributed by atoms with Crippen molar-refractivity contribution in [2.45, 2.75) is 13.8 Å². The van der Waals surface area contributed by atoms with Crippen LogP contribution in [0.1, 0.15) is 13.8 Å². The molecule has 0 aliphatic carbocycles. The largest absolute Gasteiger partial charge is 0.504 e. The molecule has 1 heterocycles. The zero-order valence-electron chi connectivity index (χ0n) is 14.3. The monoisotopic (exact) mass is 339 g/mol. The van der Waals surface area contributed by atoms with Crippen LogP contribution in [0, 0.1) is 0 Å². The highest BCUT2D eigenvalue weighted by atomic mass is 16.5. The summed E-state index contributed by atoms with van der Waals surface area (Å²) >= 11 is 0. The number of ether oxygens (including phenoxy) is 2. The molecule has 0 aliphatic heterocycles. The van der Waals surface area contributed by atoms with Crippen LogP contribution >= 0.6 is 0 Å². The van der Waals surface area contributed by atoms with E-state index in [1.807, 2.05) is 62.4 Å². The minimum atomic E-state index is -0.000188. The fourth-order valence-corrected chi connectivity index (χ4v) is 2.72. The number of furan rings is 1. The number of aromatic hydroxyl groups is 1. The lowest BCUT2D eigenvalue weighted by Crippen LogP contribution is -1.96. The van der Waals surface area contributed by atoms with E-state index in [0.29, 0.717) is 41.6 Å². The quantitative estimate of drug-likeness (QED) is 0.680. The molecule has 3 aromatic rings. The lowest BCUT2D eigenvalue weighted by atomic mass is 10.0. The average molecular weight is 339 g/mol. The molecule has 0 saturated carbocycles. The molecule has 0 bridgehead atoms. The number of rotatable bonds is 6. The van der Waals surface area contributed by atoms with Gasteiger partial charge in [-0.3, -0.25) is 0 Å². The molecule has 2 aromatic carbocycles. The van der Waals surface area contributed by atoms with Gasteiger partial charge in [-0.15, -0.1) is 0 Å². The first kappa shape index (κ1) is 16.8. The van der Waals surface area contributed by atoms with Crippen LogP contribution in [0.2, 0.25) is 0 Å². The van der Waals surface area contributed by atoms with E-state index in [0.717, 1.165) is 5.56 Å². The van der Waals surface area contributed by atoms with Gasteiger partial charge >= 0.3 is 0 Å². The van der Waals surface area contributed by atoms with Crippen molar-refractivity contribution < 1.29 is 19.0 Å². The second kappa shape index (κ2) is 7.21. The van der Waals surface area contributed by atoms with E-state index in [-0.39, 0.29) is 11.6 Å². The number of hydrogen-bond acceptors (Lipinski definition) is 5. The fraction of sp³-hybridized carbons (Fsp3) is 0.200. The Morgan fingerprint density at radius 1 is 0.920 bits per heavy atom. The molecule has 25 heavy (non-hydrogen) atoms. The summed E-state index contributed by atoms with van der Waals surface area (Å²) in [6.07, 6.45) is 0. The predicted octanol–water partition coefficient (Wildman–Crippen LogP) is 4.70. The van der Waals surface area contributed by atoms with Crippen LogP contribution < -0.4 is 15.2 Å². The average Bonchev–Trinajstić information content (AvgIpc) is 2.90. The van der Waals surface area contributed by atoms with Crippen molar-refractivity contribution in [3.63, 3.8) is 0 Å². The molecule has 0 spiro atoms. The minimum Gasteiger partial charge on any atom is -0.504 e. The molecule has 1 aromatic heterocycles. The van der Waals surface area contributed by atoms with Gasteiger partial charge in [0.05, 0.1) is 18.8 Å². The molecule has 0 saturated heterocycles. The molecule has 0 atom stereocenters. The van der Waals surface area contributed by atoms with E-state index in [1.165, 1.54) is 0 Å². The maximum absolute atomic E-state index is 10.7. The highest BCUT2D eigenvalue weighted by Gasteiger charge is 2.22. The summed E-state index contributed by atoms with van der Waals surface area (Å²) in [6, 6.07) is 14.8. The summed E-state index contributed by atoms with van der Waals surface area (Å²) in [6.45, 7) is 4.86. The molecule has 0 amide bonds. The molecule has 0 unspecified atom stereocenters. The van der Waals surface area contributed by atoms with Gasteiger partial charge in [0, 0.05) is 11.6 Å². The first-order chi connectivity index (χ1) is 12.1. The van der Waals surface area contributed by atoms with Crippen molar-refractivity contribution in [3.05, 3.63) is 48.5 Å². The normalized spacial score (nSPS) is 10.6. The SMILES string of the molecule is CCOc1cc(OCC)cc(-c2c(N)oc(-c3ccccc3)c2O)c1. The maximum atomic E-state index is 10.7. The molecule has 0 radical (unpaired) electrons. The van der Waals surface area contributed by atoms with Crippen molar-refractivity contribution in [2.75, 3.05) is 18.9 Å². The van der Waals surface area contributed by atoms with Gasteiger partial charge in [-0.05, 0) is 31.5 Å². The van der Waals surface area contributed by atoms with Gasteiger partial charge in [-0.2, -0.15) is 0 Å². The Labute approximate surface area is 146 Å². The Morgan fingerprint density at radius 3 is 2.08 bits per heavy atom. The number of benzene rings is 2. The Morgan fingerprint density at radius 2 is 1.52 bits per heavy atom. The van der Waals surface area contributed by atoms with E-state index >= 15 is 0 Å². The van der Waals surface area contributed by atoms with Crippen molar-refractivity contribution >= 4 is 5.88 Å². The Kier molecular flexibility index (Phi) is 4.84. The molecular formula is C20H21NO4. The molecule has 130 valence electrons. The zero-order valence-corrected chi connectivity index (χ0v) is 14.3. The topological polar surface area (TPSA) is 77.9 Å². The van der Waals surface area contributed by atoms with Gasteiger partial charge in [-0.1, -0.05) is 30.3 Å². The van der Waals surface area contributed by atoms with Crippen LogP contribution in [0.25, 0.3) is 22.5 Å². The number of nitrogen functional groups attached to an aromatic ring is 1. The Hall–Kier alpha value is -3.08. The van der Waals surface area contributed by atoms with Crippen molar-refractivity contribution in [3.8, 4) is 39.7 Å². The van der Waals surface area contributed by atoms with Crippen LogP contribution in [0.5, 0.6) is 17.2 Å². The van der Waals surface area contributed by atoms with E-state index < -0.39 is 0 Å². The standard InChI is InChI=1S/C20H21NO4/c1-3-23-15-10-14(11-16(12-15)24-4-2)17-18(22)19(25-20(17)21)13-8-6-5-7-9-13/h5-12,22H,3-4,21H2,1-2H3. The summed E-state index contributed by atoms with van der Waals surface area (Å²) in [5, 5.41) is 10.7. The van der Waals surface area contributed by atoms with Crippen molar-refractivity contribution in [1.82, 2.24) is 0 Å². The number of hydrogen-bond donors (Lipinski definition) is 2. The molecule has 0 aliphatic rings. The van der Waals surface area contributed by atoms with Crippen LogP contribution in [-0.2, 0) is 0 Å². The third-order valence-electron chi connectivity index (χ3n) is 3.74. The third-order valence-corrected chi connectivity index (χ3v) is 3.74. The van der Waals surface area contributed by atoms with Crippen LogP contribution in [-0.4, -0.2) is 18.3 Å². The van der Waals surface area contributed by atoms with E-state index in [9.17, 15) is 5.11 Å². The second-order valence-electron chi connectivity index (χ2n) is 5.44. The lowest BCUT2D eigenvalue weighted by molar-refractivity contribution is 0.323. The lowest BCUT2D eigenvalue weighted by Gasteiger charge is -2.10. The van der Waals surface area contributed by atoms with Crippen molar-refractivity contribution in [2.24, 2.45) is 0 Å². The predicted molar refractivity (Wildman–Crippen MR) is 98.0 cm³/mol. The highest BCUT2D eigenvalue weighted by molar-refractivity contribution is 5.87. The maximum Gasteiger partial charge on any atom is 0.202 e. The smallest absolute Gasteiger partial charge is 0.202 e.